The Morgan fingerprint density at radius 1 is 1.03 bits per heavy atom. The van der Waals surface area contributed by atoms with Crippen molar-refractivity contribution >= 4 is 17.6 Å². The molecule has 0 atom stereocenters. The van der Waals surface area contributed by atoms with E-state index in [1.807, 2.05) is 31.2 Å². The molecule has 1 heterocycles. The summed E-state index contributed by atoms with van der Waals surface area (Å²) in [6, 6.07) is 13.8. The van der Waals surface area contributed by atoms with Crippen LogP contribution in [-0.2, 0) is 19.5 Å². The van der Waals surface area contributed by atoms with Crippen molar-refractivity contribution in [3.05, 3.63) is 82.2 Å². The number of carbonyl (C=O) groups excluding carboxylic acids is 1. The fourth-order valence-electron chi connectivity index (χ4n) is 3.84. The lowest BCUT2D eigenvalue weighted by atomic mass is 9.92. The average Bonchev–Trinajstić information content (AvgIpc) is 2.80. The average molecular weight is 447 g/mol. The van der Waals surface area contributed by atoms with Gasteiger partial charge in [-0.15, -0.1) is 0 Å². The molecule has 3 rings (SSSR count). The second kappa shape index (κ2) is 10.4. The number of rotatable bonds is 8. The SMILES string of the molecule is Cc1nc(CC(C)C)c(CN)c(-c2ccc(CN)cc2)c1NC(=O)c1cccc(C(=O)O)c1. The third-order valence-corrected chi connectivity index (χ3v) is 5.46. The van der Waals surface area contributed by atoms with Gasteiger partial charge in [-0.05, 0) is 54.2 Å². The van der Waals surface area contributed by atoms with Gasteiger partial charge < -0.3 is 21.9 Å². The number of nitrogens with zero attached hydrogens (tertiary/aromatic N) is 1. The topological polar surface area (TPSA) is 131 Å². The zero-order chi connectivity index (χ0) is 24.1. The predicted octanol–water partition coefficient (Wildman–Crippen LogP) is 4.12. The minimum Gasteiger partial charge on any atom is -0.478 e. The number of pyridine rings is 1. The van der Waals surface area contributed by atoms with Gasteiger partial charge in [-0.3, -0.25) is 9.78 Å². The summed E-state index contributed by atoms with van der Waals surface area (Å²) in [5.41, 5.74) is 18.0. The number of carbonyl (C=O) groups is 2. The molecule has 6 N–H and O–H groups in total. The first-order valence-corrected chi connectivity index (χ1v) is 10.9. The number of anilines is 1. The molecular weight excluding hydrogens is 416 g/mol. The fraction of sp³-hybridized carbons (Fsp3) is 0.269. The third-order valence-electron chi connectivity index (χ3n) is 5.46. The minimum atomic E-state index is -1.09. The predicted molar refractivity (Wildman–Crippen MR) is 130 cm³/mol. The van der Waals surface area contributed by atoms with Crippen LogP contribution in [0.15, 0.2) is 48.5 Å². The van der Waals surface area contributed by atoms with Crippen LogP contribution in [-0.4, -0.2) is 22.0 Å². The van der Waals surface area contributed by atoms with Crippen molar-refractivity contribution in [1.29, 1.82) is 0 Å². The van der Waals surface area contributed by atoms with Gasteiger partial charge in [-0.1, -0.05) is 44.2 Å². The maximum Gasteiger partial charge on any atom is 0.335 e. The molecule has 0 bridgehead atoms. The van der Waals surface area contributed by atoms with Gasteiger partial charge in [-0.2, -0.15) is 0 Å². The number of aromatic carboxylic acids is 1. The molecule has 0 unspecified atom stereocenters. The van der Waals surface area contributed by atoms with Crippen molar-refractivity contribution in [2.75, 3.05) is 5.32 Å². The molecule has 0 aliphatic carbocycles. The lowest BCUT2D eigenvalue weighted by Gasteiger charge is -2.21. The maximum atomic E-state index is 13.1. The molecule has 0 saturated carbocycles. The zero-order valence-electron chi connectivity index (χ0n) is 19.2. The minimum absolute atomic E-state index is 0.0463. The molecule has 1 amide bonds. The quantitative estimate of drug-likeness (QED) is 0.411. The second-order valence-electron chi connectivity index (χ2n) is 8.42. The summed E-state index contributed by atoms with van der Waals surface area (Å²) < 4.78 is 0. The number of hydrogen-bond donors (Lipinski definition) is 4. The standard InChI is InChI=1S/C26H30N4O3/c1-15(2)11-22-21(14-28)23(18-9-7-17(13-27)8-10-18)24(16(3)29-22)30-25(31)19-5-4-6-20(12-19)26(32)33/h4-10,12,15H,11,13-14,27-28H2,1-3H3,(H,30,31)(H,32,33). The van der Waals surface area contributed by atoms with Gasteiger partial charge in [0.15, 0.2) is 0 Å². The Labute approximate surface area is 193 Å². The summed E-state index contributed by atoms with van der Waals surface area (Å²) in [7, 11) is 0. The van der Waals surface area contributed by atoms with Crippen molar-refractivity contribution < 1.29 is 14.7 Å². The van der Waals surface area contributed by atoms with E-state index in [-0.39, 0.29) is 17.7 Å². The molecular formula is C26H30N4O3. The van der Waals surface area contributed by atoms with E-state index in [0.29, 0.717) is 23.8 Å². The first-order valence-electron chi connectivity index (χ1n) is 10.9. The van der Waals surface area contributed by atoms with E-state index in [0.717, 1.165) is 34.4 Å². The van der Waals surface area contributed by atoms with Crippen LogP contribution in [0, 0.1) is 12.8 Å². The van der Waals surface area contributed by atoms with Crippen LogP contribution in [0.4, 0.5) is 5.69 Å². The van der Waals surface area contributed by atoms with Crippen LogP contribution in [0.3, 0.4) is 0 Å². The van der Waals surface area contributed by atoms with E-state index in [9.17, 15) is 14.7 Å². The fourth-order valence-corrected chi connectivity index (χ4v) is 3.84. The molecule has 0 spiro atoms. The Morgan fingerprint density at radius 3 is 2.27 bits per heavy atom. The molecule has 0 radical (unpaired) electrons. The van der Waals surface area contributed by atoms with Crippen molar-refractivity contribution in [2.45, 2.75) is 40.3 Å². The van der Waals surface area contributed by atoms with Crippen molar-refractivity contribution in [2.24, 2.45) is 17.4 Å². The molecule has 0 saturated heterocycles. The van der Waals surface area contributed by atoms with E-state index in [1.165, 1.54) is 12.1 Å². The van der Waals surface area contributed by atoms with Gasteiger partial charge in [0, 0.05) is 29.9 Å². The highest BCUT2D eigenvalue weighted by Gasteiger charge is 2.21. The second-order valence-corrected chi connectivity index (χ2v) is 8.42. The van der Waals surface area contributed by atoms with E-state index in [1.54, 1.807) is 12.1 Å². The molecule has 2 aromatic carbocycles. The molecule has 0 aliphatic heterocycles. The van der Waals surface area contributed by atoms with Gasteiger partial charge in [-0.25, -0.2) is 4.79 Å². The Kier molecular flexibility index (Phi) is 7.58. The molecule has 1 aromatic heterocycles. The number of nitrogens with two attached hydrogens (primary N) is 2. The van der Waals surface area contributed by atoms with Crippen molar-refractivity contribution in [3.8, 4) is 11.1 Å². The normalized spacial score (nSPS) is 11.0. The number of benzene rings is 2. The Hall–Kier alpha value is -3.55. The Balaban J connectivity index is 2.15. The van der Waals surface area contributed by atoms with Gasteiger partial charge in [0.1, 0.15) is 0 Å². The summed E-state index contributed by atoms with van der Waals surface area (Å²) in [5, 5.41) is 12.2. The zero-order valence-corrected chi connectivity index (χ0v) is 19.2. The van der Waals surface area contributed by atoms with Gasteiger partial charge in [0.25, 0.3) is 5.91 Å². The van der Waals surface area contributed by atoms with Crippen LogP contribution in [0.2, 0.25) is 0 Å². The summed E-state index contributed by atoms with van der Waals surface area (Å²) >= 11 is 0. The van der Waals surface area contributed by atoms with Gasteiger partial charge in [0.2, 0.25) is 0 Å². The smallest absolute Gasteiger partial charge is 0.335 e. The Bertz CT molecular complexity index is 1170. The lowest BCUT2D eigenvalue weighted by Crippen LogP contribution is -2.18. The summed E-state index contributed by atoms with van der Waals surface area (Å²) in [5.74, 6) is -1.12. The van der Waals surface area contributed by atoms with E-state index in [4.69, 9.17) is 16.5 Å². The highest BCUT2D eigenvalue weighted by Crippen LogP contribution is 2.36. The van der Waals surface area contributed by atoms with Crippen LogP contribution in [0.1, 0.15) is 57.1 Å². The first kappa shape index (κ1) is 24.1. The third kappa shape index (κ3) is 5.45. The molecule has 3 aromatic rings. The molecule has 0 aliphatic rings. The molecule has 0 fully saturated rings. The molecule has 7 heteroatoms. The maximum absolute atomic E-state index is 13.1. The number of aryl methyl sites for hydroxylation is 1. The summed E-state index contributed by atoms with van der Waals surface area (Å²) in [6.45, 7) is 6.80. The van der Waals surface area contributed by atoms with Crippen molar-refractivity contribution in [3.63, 3.8) is 0 Å². The van der Waals surface area contributed by atoms with Crippen molar-refractivity contribution in [1.82, 2.24) is 4.98 Å². The van der Waals surface area contributed by atoms with Crippen LogP contribution in [0.5, 0.6) is 0 Å². The molecule has 7 nitrogen and oxygen atoms in total. The number of amides is 1. The summed E-state index contributed by atoms with van der Waals surface area (Å²) in [6.07, 6.45) is 0.760. The van der Waals surface area contributed by atoms with Gasteiger partial charge >= 0.3 is 5.97 Å². The van der Waals surface area contributed by atoms with Crippen LogP contribution < -0.4 is 16.8 Å². The van der Waals surface area contributed by atoms with Crippen LogP contribution in [0.25, 0.3) is 11.1 Å². The lowest BCUT2D eigenvalue weighted by molar-refractivity contribution is 0.0697. The van der Waals surface area contributed by atoms with Crippen LogP contribution >= 0.6 is 0 Å². The number of hydrogen-bond acceptors (Lipinski definition) is 5. The first-order chi connectivity index (χ1) is 15.7. The van der Waals surface area contributed by atoms with E-state index in [2.05, 4.69) is 19.2 Å². The highest BCUT2D eigenvalue weighted by atomic mass is 16.4. The van der Waals surface area contributed by atoms with E-state index < -0.39 is 11.9 Å². The number of carboxylic acids is 1. The highest BCUT2D eigenvalue weighted by molar-refractivity contribution is 6.08. The molecule has 172 valence electrons. The number of nitrogens with one attached hydrogen (secondary N) is 1. The number of carboxylic acid groups (broad SMARTS) is 1. The van der Waals surface area contributed by atoms with E-state index >= 15 is 0 Å². The number of aromatic nitrogens is 1. The Morgan fingerprint density at radius 2 is 1.70 bits per heavy atom. The molecule has 33 heavy (non-hydrogen) atoms. The van der Waals surface area contributed by atoms with Gasteiger partial charge in [0.05, 0.1) is 16.9 Å². The monoisotopic (exact) mass is 446 g/mol. The largest absolute Gasteiger partial charge is 0.478 e. The summed E-state index contributed by atoms with van der Waals surface area (Å²) in [4.78, 5) is 29.2.